The van der Waals surface area contributed by atoms with Gasteiger partial charge in [0.15, 0.2) is 0 Å². The Hall–Kier alpha value is -3.77. The maximum absolute atomic E-state index is 13.7. The standard InChI is InChI=1S/C27H25N3O3/c1-19-7-6-8-20(28-19)17-30-18-23(27(32)22-10-3-5-12-25(22)30)26(31)21-9-2-4-11-24(21)29-13-15-33-16-14-29/h2-12,18H,13-17H2,1H3. The number of aryl methyl sites for hydroxylation is 1. The summed E-state index contributed by atoms with van der Waals surface area (Å²) in [5.74, 6) is -0.265. The van der Waals surface area contributed by atoms with E-state index in [1.807, 2.05) is 66.1 Å². The number of ether oxygens (including phenoxy) is 1. The molecule has 1 fully saturated rings. The summed E-state index contributed by atoms with van der Waals surface area (Å²) in [4.78, 5) is 33.9. The highest BCUT2D eigenvalue weighted by atomic mass is 16.5. The van der Waals surface area contributed by atoms with Crippen LogP contribution in [0, 0.1) is 6.92 Å². The fourth-order valence-corrected chi connectivity index (χ4v) is 4.39. The first-order valence-corrected chi connectivity index (χ1v) is 11.1. The summed E-state index contributed by atoms with van der Waals surface area (Å²) in [7, 11) is 0. The monoisotopic (exact) mass is 439 g/mol. The van der Waals surface area contributed by atoms with Gasteiger partial charge in [0.2, 0.25) is 11.2 Å². The van der Waals surface area contributed by atoms with Crippen LogP contribution in [0.25, 0.3) is 10.9 Å². The second-order valence-corrected chi connectivity index (χ2v) is 8.23. The highest BCUT2D eigenvalue weighted by Gasteiger charge is 2.23. The van der Waals surface area contributed by atoms with E-state index in [1.54, 1.807) is 18.3 Å². The van der Waals surface area contributed by atoms with Gasteiger partial charge in [0.05, 0.1) is 36.5 Å². The predicted octanol–water partition coefficient (Wildman–Crippen LogP) is 3.82. The number of carbonyl (C=O) groups is 1. The third kappa shape index (κ3) is 4.17. The van der Waals surface area contributed by atoms with Crippen LogP contribution < -0.4 is 10.3 Å². The number of anilines is 1. The van der Waals surface area contributed by atoms with E-state index < -0.39 is 0 Å². The summed E-state index contributed by atoms with van der Waals surface area (Å²) in [5, 5.41) is 0.528. The normalized spacial score (nSPS) is 13.9. The highest BCUT2D eigenvalue weighted by Crippen LogP contribution is 2.24. The Morgan fingerprint density at radius 1 is 0.939 bits per heavy atom. The van der Waals surface area contributed by atoms with E-state index in [2.05, 4.69) is 9.88 Å². The topological polar surface area (TPSA) is 64.4 Å². The van der Waals surface area contributed by atoms with Gasteiger partial charge in [0, 0.05) is 41.6 Å². The number of pyridine rings is 2. The molecule has 3 heterocycles. The molecule has 166 valence electrons. The number of nitrogens with zero attached hydrogens (tertiary/aromatic N) is 3. The Morgan fingerprint density at radius 2 is 1.70 bits per heavy atom. The first-order valence-electron chi connectivity index (χ1n) is 11.1. The van der Waals surface area contributed by atoms with E-state index in [0.717, 1.165) is 22.6 Å². The molecule has 33 heavy (non-hydrogen) atoms. The molecule has 0 unspecified atom stereocenters. The zero-order valence-electron chi connectivity index (χ0n) is 18.5. The van der Waals surface area contributed by atoms with Gasteiger partial charge in [0.1, 0.15) is 0 Å². The minimum atomic E-state index is -0.265. The Morgan fingerprint density at radius 3 is 2.52 bits per heavy atom. The number of benzene rings is 2. The second kappa shape index (κ2) is 9.00. The summed E-state index contributed by atoms with van der Waals surface area (Å²) in [5.41, 5.74) is 3.87. The number of ketones is 1. The largest absolute Gasteiger partial charge is 0.378 e. The molecule has 1 saturated heterocycles. The number of fused-ring (bicyclic) bond motifs is 1. The van der Waals surface area contributed by atoms with Crippen molar-refractivity contribution >= 4 is 22.4 Å². The van der Waals surface area contributed by atoms with Crippen molar-refractivity contribution in [3.05, 3.63) is 106 Å². The van der Waals surface area contributed by atoms with E-state index >= 15 is 0 Å². The minimum Gasteiger partial charge on any atom is -0.378 e. The molecule has 4 aromatic rings. The third-order valence-electron chi connectivity index (χ3n) is 6.01. The van der Waals surface area contributed by atoms with Gasteiger partial charge in [0.25, 0.3) is 0 Å². The molecule has 0 atom stereocenters. The molecule has 5 rings (SSSR count). The van der Waals surface area contributed by atoms with Crippen molar-refractivity contribution in [3.8, 4) is 0 Å². The molecule has 0 spiro atoms. The number of rotatable bonds is 5. The van der Waals surface area contributed by atoms with Gasteiger partial charge in [-0.05, 0) is 43.3 Å². The van der Waals surface area contributed by atoms with Gasteiger partial charge in [-0.15, -0.1) is 0 Å². The van der Waals surface area contributed by atoms with Crippen molar-refractivity contribution in [2.45, 2.75) is 13.5 Å². The van der Waals surface area contributed by atoms with E-state index in [9.17, 15) is 9.59 Å². The van der Waals surface area contributed by atoms with Gasteiger partial charge in [-0.2, -0.15) is 0 Å². The lowest BCUT2D eigenvalue weighted by atomic mass is 10.00. The molecule has 2 aromatic heterocycles. The van der Waals surface area contributed by atoms with E-state index in [1.165, 1.54) is 0 Å². The van der Waals surface area contributed by atoms with Gasteiger partial charge >= 0.3 is 0 Å². The first-order chi connectivity index (χ1) is 16.1. The number of para-hydroxylation sites is 2. The molecule has 0 amide bonds. The van der Waals surface area contributed by atoms with Gasteiger partial charge in [-0.1, -0.05) is 30.3 Å². The number of carbonyl (C=O) groups excluding carboxylic acids is 1. The average Bonchev–Trinajstić information content (AvgIpc) is 2.86. The molecule has 6 heteroatoms. The Labute approximate surface area is 192 Å². The summed E-state index contributed by atoms with van der Waals surface area (Å²) in [6, 6.07) is 20.8. The van der Waals surface area contributed by atoms with Crippen LogP contribution in [0.5, 0.6) is 0 Å². The Kier molecular flexibility index (Phi) is 5.75. The molecule has 0 N–H and O–H groups in total. The first kappa shape index (κ1) is 21.1. The summed E-state index contributed by atoms with van der Waals surface area (Å²) >= 11 is 0. The smallest absolute Gasteiger partial charge is 0.200 e. The van der Waals surface area contributed by atoms with E-state index in [0.29, 0.717) is 43.8 Å². The molecule has 0 aliphatic carbocycles. The predicted molar refractivity (Wildman–Crippen MR) is 129 cm³/mol. The molecule has 1 aliphatic rings. The van der Waals surface area contributed by atoms with Crippen LogP contribution in [0.2, 0.25) is 0 Å². The summed E-state index contributed by atoms with van der Waals surface area (Å²) < 4.78 is 7.42. The van der Waals surface area contributed by atoms with E-state index in [-0.39, 0.29) is 16.8 Å². The van der Waals surface area contributed by atoms with Crippen LogP contribution in [-0.2, 0) is 11.3 Å². The number of hydrogen-bond donors (Lipinski definition) is 0. The highest BCUT2D eigenvalue weighted by molar-refractivity contribution is 6.13. The summed E-state index contributed by atoms with van der Waals surface area (Å²) in [6.07, 6.45) is 1.69. The SMILES string of the molecule is Cc1cccc(Cn2cc(C(=O)c3ccccc3N3CCOCC3)c(=O)c3ccccc32)n1. The van der Waals surface area contributed by atoms with Crippen molar-refractivity contribution in [1.82, 2.24) is 9.55 Å². The zero-order chi connectivity index (χ0) is 22.8. The Balaban J connectivity index is 1.62. The van der Waals surface area contributed by atoms with Gasteiger partial charge in [-0.25, -0.2) is 0 Å². The quantitative estimate of drug-likeness (QED) is 0.443. The lowest BCUT2D eigenvalue weighted by Gasteiger charge is -2.30. The molecular weight excluding hydrogens is 414 g/mol. The van der Waals surface area contributed by atoms with Crippen LogP contribution in [0.3, 0.4) is 0 Å². The molecule has 1 aliphatic heterocycles. The maximum Gasteiger partial charge on any atom is 0.200 e. The number of aromatic nitrogens is 2. The van der Waals surface area contributed by atoms with Crippen molar-refractivity contribution in [2.75, 3.05) is 31.2 Å². The molecule has 2 aromatic carbocycles. The Bertz CT molecular complexity index is 1390. The van der Waals surface area contributed by atoms with Gasteiger partial charge < -0.3 is 14.2 Å². The second-order valence-electron chi connectivity index (χ2n) is 8.23. The molecule has 0 radical (unpaired) electrons. The van der Waals surface area contributed by atoms with E-state index in [4.69, 9.17) is 4.74 Å². The fourth-order valence-electron chi connectivity index (χ4n) is 4.39. The zero-order valence-corrected chi connectivity index (χ0v) is 18.5. The van der Waals surface area contributed by atoms with Crippen molar-refractivity contribution in [2.24, 2.45) is 0 Å². The van der Waals surface area contributed by atoms with Crippen molar-refractivity contribution in [1.29, 1.82) is 0 Å². The van der Waals surface area contributed by atoms with Crippen molar-refractivity contribution < 1.29 is 9.53 Å². The lowest BCUT2D eigenvalue weighted by molar-refractivity contribution is 0.103. The summed E-state index contributed by atoms with van der Waals surface area (Å²) in [6.45, 7) is 5.08. The van der Waals surface area contributed by atoms with Crippen LogP contribution in [0.1, 0.15) is 27.3 Å². The molecule has 6 nitrogen and oxygen atoms in total. The van der Waals surface area contributed by atoms with Gasteiger partial charge in [-0.3, -0.25) is 14.6 Å². The molecule has 0 bridgehead atoms. The number of morpholine rings is 1. The number of hydrogen-bond acceptors (Lipinski definition) is 5. The maximum atomic E-state index is 13.7. The minimum absolute atomic E-state index is 0.169. The lowest BCUT2D eigenvalue weighted by Crippen LogP contribution is -2.37. The molecule has 0 saturated carbocycles. The average molecular weight is 440 g/mol. The molecular formula is C27H25N3O3. The fraction of sp³-hybridized carbons (Fsp3) is 0.222. The third-order valence-corrected chi connectivity index (χ3v) is 6.01. The van der Waals surface area contributed by atoms with Crippen LogP contribution >= 0.6 is 0 Å². The van der Waals surface area contributed by atoms with Crippen LogP contribution in [0.4, 0.5) is 5.69 Å². The van der Waals surface area contributed by atoms with Crippen molar-refractivity contribution in [3.63, 3.8) is 0 Å². The van der Waals surface area contributed by atoms with Crippen LogP contribution in [0.15, 0.2) is 77.7 Å². The van der Waals surface area contributed by atoms with Crippen LogP contribution in [-0.4, -0.2) is 41.6 Å².